The van der Waals surface area contributed by atoms with E-state index in [-0.39, 0.29) is 5.97 Å². The first-order chi connectivity index (χ1) is 8.79. The van der Waals surface area contributed by atoms with Crippen molar-refractivity contribution in [2.24, 2.45) is 0 Å². The maximum absolute atomic E-state index is 11.2. The zero-order valence-electron chi connectivity index (χ0n) is 10.2. The van der Waals surface area contributed by atoms with Crippen LogP contribution >= 0.6 is 0 Å². The zero-order valence-corrected chi connectivity index (χ0v) is 10.2. The number of hydrogen-bond acceptors (Lipinski definition) is 2. The first-order valence-corrected chi connectivity index (χ1v) is 5.91. The van der Waals surface area contributed by atoms with Crippen LogP contribution in [0.2, 0.25) is 0 Å². The van der Waals surface area contributed by atoms with Crippen molar-refractivity contribution in [2.75, 3.05) is 0 Å². The molecule has 0 radical (unpaired) electrons. The van der Waals surface area contributed by atoms with Crippen LogP contribution in [0, 0.1) is 0 Å². The summed E-state index contributed by atoms with van der Waals surface area (Å²) in [5.74, 6) is -0.249. The van der Waals surface area contributed by atoms with Gasteiger partial charge in [0.25, 0.3) is 0 Å². The van der Waals surface area contributed by atoms with E-state index in [2.05, 4.69) is 0 Å². The summed E-state index contributed by atoms with van der Waals surface area (Å²) in [6.07, 6.45) is 5.97. The average Bonchev–Trinajstić information content (AvgIpc) is 2.84. The highest BCUT2D eigenvalue weighted by Crippen LogP contribution is 2.08. The molecule has 0 N–H and O–H groups in total. The molecule has 0 unspecified atom stereocenters. The Bertz CT molecular complexity index is 541. The molecule has 1 aromatic carbocycles. The molecule has 0 spiro atoms. The normalized spacial score (nSPS) is 10.7. The molecule has 0 aliphatic carbocycles. The Morgan fingerprint density at radius 3 is 2.67 bits per heavy atom. The lowest BCUT2D eigenvalue weighted by Crippen LogP contribution is -2.18. The minimum Gasteiger partial charge on any atom is -0.337 e. The van der Waals surface area contributed by atoms with Gasteiger partial charge in [0.05, 0.1) is 5.69 Å². The van der Waals surface area contributed by atoms with Crippen LogP contribution in [-0.2, 0) is 4.79 Å². The fourth-order valence-electron chi connectivity index (χ4n) is 1.51. The second-order valence-corrected chi connectivity index (χ2v) is 3.82. The molecule has 0 fully saturated rings. The molecule has 2 aromatic rings. The molecular weight excluding hydrogens is 226 g/mol. The van der Waals surface area contributed by atoms with Crippen molar-refractivity contribution in [1.82, 2.24) is 4.73 Å². The third-order valence-corrected chi connectivity index (χ3v) is 2.48. The van der Waals surface area contributed by atoms with Gasteiger partial charge in [-0.25, -0.2) is 4.79 Å². The van der Waals surface area contributed by atoms with Crippen molar-refractivity contribution in [3.63, 3.8) is 0 Å². The van der Waals surface area contributed by atoms with E-state index >= 15 is 0 Å². The van der Waals surface area contributed by atoms with E-state index in [9.17, 15) is 4.79 Å². The molecule has 0 atom stereocenters. The summed E-state index contributed by atoms with van der Waals surface area (Å²) in [6, 6.07) is 13.7. The maximum Gasteiger partial charge on any atom is 0.332 e. The standard InChI is InChI=1S/C15H15NO2/c1-2-15(17)18-16-12-6-9-14(16)11-10-13-7-4-3-5-8-13/h3-12H,2H2,1H3. The van der Waals surface area contributed by atoms with E-state index in [0.29, 0.717) is 6.42 Å². The minimum atomic E-state index is -0.249. The largest absolute Gasteiger partial charge is 0.337 e. The van der Waals surface area contributed by atoms with E-state index in [1.165, 1.54) is 4.73 Å². The van der Waals surface area contributed by atoms with Gasteiger partial charge in [-0.15, -0.1) is 0 Å². The molecule has 0 amide bonds. The van der Waals surface area contributed by atoms with Gasteiger partial charge in [0, 0.05) is 12.6 Å². The van der Waals surface area contributed by atoms with Crippen molar-refractivity contribution in [2.45, 2.75) is 13.3 Å². The van der Waals surface area contributed by atoms with Crippen LogP contribution in [0.4, 0.5) is 0 Å². The summed E-state index contributed by atoms with van der Waals surface area (Å²) < 4.78 is 1.48. The van der Waals surface area contributed by atoms with Crippen LogP contribution in [0.3, 0.4) is 0 Å². The van der Waals surface area contributed by atoms with Crippen molar-refractivity contribution < 1.29 is 9.63 Å². The summed E-state index contributed by atoms with van der Waals surface area (Å²) >= 11 is 0. The van der Waals surface area contributed by atoms with Gasteiger partial charge in [-0.2, -0.15) is 4.73 Å². The van der Waals surface area contributed by atoms with E-state index in [0.717, 1.165) is 11.3 Å². The molecule has 1 heterocycles. The lowest BCUT2D eigenvalue weighted by molar-refractivity contribution is -0.143. The summed E-state index contributed by atoms with van der Waals surface area (Å²) in [5, 5.41) is 0. The highest BCUT2D eigenvalue weighted by molar-refractivity contribution is 5.71. The summed E-state index contributed by atoms with van der Waals surface area (Å²) in [5.41, 5.74) is 1.94. The molecular formula is C15H15NO2. The fraction of sp³-hybridized carbons (Fsp3) is 0.133. The van der Waals surface area contributed by atoms with Crippen LogP contribution < -0.4 is 4.84 Å². The van der Waals surface area contributed by atoms with Gasteiger partial charge < -0.3 is 4.84 Å². The van der Waals surface area contributed by atoms with Crippen LogP contribution in [0.25, 0.3) is 12.2 Å². The quantitative estimate of drug-likeness (QED) is 0.824. The molecule has 0 saturated carbocycles. The van der Waals surface area contributed by atoms with Gasteiger partial charge in [0.15, 0.2) is 0 Å². The number of carbonyl (C=O) groups excluding carboxylic acids is 1. The van der Waals surface area contributed by atoms with Crippen molar-refractivity contribution in [1.29, 1.82) is 0 Å². The fourth-order valence-corrected chi connectivity index (χ4v) is 1.51. The van der Waals surface area contributed by atoms with E-state index < -0.39 is 0 Å². The SMILES string of the molecule is CCC(=O)On1cccc1C=Cc1ccccc1. The Kier molecular flexibility index (Phi) is 3.97. The number of aromatic nitrogens is 1. The topological polar surface area (TPSA) is 31.2 Å². The summed E-state index contributed by atoms with van der Waals surface area (Å²) in [4.78, 5) is 16.4. The van der Waals surface area contributed by atoms with Crippen LogP contribution in [0.1, 0.15) is 24.6 Å². The van der Waals surface area contributed by atoms with Gasteiger partial charge in [-0.1, -0.05) is 43.3 Å². The number of hydrogen-bond donors (Lipinski definition) is 0. The molecule has 18 heavy (non-hydrogen) atoms. The molecule has 1 aromatic heterocycles. The number of rotatable bonds is 4. The van der Waals surface area contributed by atoms with Crippen LogP contribution in [0.15, 0.2) is 48.7 Å². The van der Waals surface area contributed by atoms with Crippen molar-refractivity contribution in [3.8, 4) is 0 Å². The minimum absolute atomic E-state index is 0.249. The van der Waals surface area contributed by atoms with Crippen LogP contribution in [0.5, 0.6) is 0 Å². The van der Waals surface area contributed by atoms with E-state index in [1.807, 2.05) is 54.6 Å². The van der Waals surface area contributed by atoms with Gasteiger partial charge >= 0.3 is 5.97 Å². The molecule has 0 aliphatic heterocycles. The second-order valence-electron chi connectivity index (χ2n) is 3.82. The van der Waals surface area contributed by atoms with E-state index in [4.69, 9.17) is 4.84 Å². The monoisotopic (exact) mass is 241 g/mol. The second kappa shape index (κ2) is 5.87. The molecule has 2 rings (SSSR count). The number of carbonyl (C=O) groups is 1. The molecule has 0 aliphatic rings. The Hall–Kier alpha value is -2.29. The summed E-state index contributed by atoms with van der Waals surface area (Å²) in [6.45, 7) is 1.77. The molecule has 3 heteroatoms. The van der Waals surface area contributed by atoms with Gasteiger partial charge in [0.2, 0.25) is 0 Å². The highest BCUT2D eigenvalue weighted by atomic mass is 16.7. The smallest absolute Gasteiger partial charge is 0.332 e. The first kappa shape index (κ1) is 12.2. The molecule has 92 valence electrons. The molecule has 0 saturated heterocycles. The first-order valence-electron chi connectivity index (χ1n) is 5.91. The molecule has 3 nitrogen and oxygen atoms in total. The number of benzene rings is 1. The highest BCUT2D eigenvalue weighted by Gasteiger charge is 2.03. The number of nitrogens with zero attached hydrogens (tertiary/aromatic N) is 1. The van der Waals surface area contributed by atoms with E-state index in [1.54, 1.807) is 13.1 Å². The van der Waals surface area contributed by atoms with Gasteiger partial charge in [0.1, 0.15) is 0 Å². The average molecular weight is 241 g/mol. The Balaban J connectivity index is 2.13. The van der Waals surface area contributed by atoms with Crippen LogP contribution in [-0.4, -0.2) is 10.7 Å². The van der Waals surface area contributed by atoms with Gasteiger partial charge in [-0.3, -0.25) is 0 Å². The maximum atomic E-state index is 11.2. The lowest BCUT2D eigenvalue weighted by atomic mass is 10.2. The Labute approximate surface area is 106 Å². The third kappa shape index (κ3) is 3.10. The zero-order chi connectivity index (χ0) is 12.8. The Morgan fingerprint density at radius 1 is 1.17 bits per heavy atom. The third-order valence-electron chi connectivity index (χ3n) is 2.48. The van der Waals surface area contributed by atoms with Crippen molar-refractivity contribution in [3.05, 3.63) is 59.9 Å². The van der Waals surface area contributed by atoms with Crippen molar-refractivity contribution >= 4 is 18.1 Å². The predicted octanol–water partition coefficient (Wildman–Crippen LogP) is 3.02. The Morgan fingerprint density at radius 2 is 1.94 bits per heavy atom. The molecule has 0 bridgehead atoms. The van der Waals surface area contributed by atoms with Gasteiger partial charge in [-0.05, 0) is 23.8 Å². The predicted molar refractivity (Wildman–Crippen MR) is 71.7 cm³/mol. The summed E-state index contributed by atoms with van der Waals surface area (Å²) in [7, 11) is 0. The lowest BCUT2D eigenvalue weighted by Gasteiger charge is -2.05.